The van der Waals surface area contributed by atoms with Crippen LogP contribution in [0.15, 0.2) is 60.7 Å². The van der Waals surface area contributed by atoms with Crippen LogP contribution in [0.1, 0.15) is 56.1 Å². The van der Waals surface area contributed by atoms with Gasteiger partial charge in [-0.1, -0.05) is 73.5 Å². The SMILES string of the molecule is c1ccc(CN(Cc2ccccc2)C2CCC(CC3CC3)CC2)cc1. The molecular formula is C24H31N. The molecule has 2 aromatic rings. The van der Waals surface area contributed by atoms with Gasteiger partial charge in [0, 0.05) is 19.1 Å². The molecule has 0 amide bonds. The smallest absolute Gasteiger partial charge is 0.0240 e. The zero-order valence-corrected chi connectivity index (χ0v) is 15.3. The van der Waals surface area contributed by atoms with Crippen molar-refractivity contribution in [2.24, 2.45) is 11.8 Å². The predicted molar refractivity (Wildman–Crippen MR) is 105 cm³/mol. The first-order chi connectivity index (χ1) is 12.4. The van der Waals surface area contributed by atoms with Gasteiger partial charge in [0.2, 0.25) is 0 Å². The first-order valence-electron chi connectivity index (χ1n) is 10.2. The van der Waals surface area contributed by atoms with Gasteiger partial charge in [0.15, 0.2) is 0 Å². The molecule has 1 heteroatoms. The van der Waals surface area contributed by atoms with Crippen molar-refractivity contribution in [1.29, 1.82) is 0 Å². The molecule has 0 unspecified atom stereocenters. The third-order valence-corrected chi connectivity index (χ3v) is 6.15. The van der Waals surface area contributed by atoms with E-state index >= 15 is 0 Å². The summed E-state index contributed by atoms with van der Waals surface area (Å²) in [5, 5.41) is 0. The lowest BCUT2D eigenvalue weighted by Gasteiger charge is -2.37. The average Bonchev–Trinajstić information content (AvgIpc) is 3.48. The molecule has 1 nitrogen and oxygen atoms in total. The summed E-state index contributed by atoms with van der Waals surface area (Å²) >= 11 is 0. The second-order valence-corrected chi connectivity index (χ2v) is 8.23. The number of nitrogens with zero attached hydrogens (tertiary/aromatic N) is 1. The Balaban J connectivity index is 1.41. The third kappa shape index (κ3) is 4.95. The Hall–Kier alpha value is -1.60. The van der Waals surface area contributed by atoms with Crippen LogP contribution in [0.3, 0.4) is 0 Å². The van der Waals surface area contributed by atoms with E-state index in [0.717, 1.165) is 31.0 Å². The summed E-state index contributed by atoms with van der Waals surface area (Å²) in [4.78, 5) is 2.73. The van der Waals surface area contributed by atoms with Gasteiger partial charge in [0.1, 0.15) is 0 Å². The van der Waals surface area contributed by atoms with Crippen LogP contribution in [-0.4, -0.2) is 10.9 Å². The molecule has 0 atom stereocenters. The van der Waals surface area contributed by atoms with Crippen LogP contribution in [0, 0.1) is 11.8 Å². The molecular weight excluding hydrogens is 302 g/mol. The third-order valence-electron chi connectivity index (χ3n) is 6.15. The van der Waals surface area contributed by atoms with E-state index in [1.807, 2.05) is 0 Å². The maximum absolute atomic E-state index is 2.73. The van der Waals surface area contributed by atoms with Crippen molar-refractivity contribution in [2.75, 3.05) is 0 Å². The molecule has 0 bridgehead atoms. The Labute approximate surface area is 153 Å². The fraction of sp³-hybridized carbons (Fsp3) is 0.500. The number of rotatable bonds is 7. The highest BCUT2D eigenvalue weighted by atomic mass is 15.2. The van der Waals surface area contributed by atoms with E-state index in [4.69, 9.17) is 0 Å². The van der Waals surface area contributed by atoms with Crippen LogP contribution in [-0.2, 0) is 13.1 Å². The lowest BCUT2D eigenvalue weighted by molar-refractivity contribution is 0.118. The number of hydrogen-bond donors (Lipinski definition) is 0. The molecule has 132 valence electrons. The maximum Gasteiger partial charge on any atom is 0.0240 e. The Bertz CT molecular complexity index is 582. The van der Waals surface area contributed by atoms with Crippen LogP contribution in [0.2, 0.25) is 0 Å². The van der Waals surface area contributed by atoms with E-state index in [2.05, 4.69) is 65.6 Å². The van der Waals surface area contributed by atoms with Crippen molar-refractivity contribution in [2.45, 2.75) is 64.1 Å². The van der Waals surface area contributed by atoms with Crippen molar-refractivity contribution >= 4 is 0 Å². The minimum absolute atomic E-state index is 0.746. The number of benzene rings is 2. The fourth-order valence-corrected chi connectivity index (χ4v) is 4.52. The first kappa shape index (κ1) is 16.8. The van der Waals surface area contributed by atoms with Crippen molar-refractivity contribution in [3.63, 3.8) is 0 Å². The summed E-state index contributed by atoms with van der Waals surface area (Å²) in [5.74, 6) is 2.10. The van der Waals surface area contributed by atoms with Crippen molar-refractivity contribution in [3.05, 3.63) is 71.8 Å². The minimum Gasteiger partial charge on any atom is -0.292 e. The molecule has 2 saturated carbocycles. The van der Waals surface area contributed by atoms with Gasteiger partial charge in [0.25, 0.3) is 0 Å². The summed E-state index contributed by atoms with van der Waals surface area (Å²) in [6.45, 7) is 2.15. The molecule has 25 heavy (non-hydrogen) atoms. The van der Waals surface area contributed by atoms with Crippen molar-refractivity contribution < 1.29 is 0 Å². The summed E-state index contributed by atoms with van der Waals surface area (Å²) in [7, 11) is 0. The zero-order chi connectivity index (χ0) is 16.9. The van der Waals surface area contributed by atoms with Crippen LogP contribution in [0.5, 0.6) is 0 Å². The summed E-state index contributed by atoms with van der Waals surface area (Å²) in [5.41, 5.74) is 2.89. The Morgan fingerprint density at radius 3 is 1.48 bits per heavy atom. The topological polar surface area (TPSA) is 3.24 Å². The van der Waals surface area contributed by atoms with Crippen molar-refractivity contribution in [3.8, 4) is 0 Å². The minimum atomic E-state index is 0.746. The average molecular weight is 334 g/mol. The van der Waals surface area contributed by atoms with E-state index in [1.54, 1.807) is 0 Å². The monoisotopic (exact) mass is 333 g/mol. The summed E-state index contributed by atoms with van der Waals surface area (Å²) < 4.78 is 0. The quantitative estimate of drug-likeness (QED) is 0.596. The second-order valence-electron chi connectivity index (χ2n) is 8.23. The van der Waals surface area contributed by atoms with E-state index in [0.29, 0.717) is 0 Å². The molecule has 0 aromatic heterocycles. The molecule has 0 N–H and O–H groups in total. The van der Waals surface area contributed by atoms with E-state index < -0.39 is 0 Å². The van der Waals surface area contributed by atoms with Gasteiger partial charge >= 0.3 is 0 Å². The van der Waals surface area contributed by atoms with Gasteiger partial charge in [-0.2, -0.15) is 0 Å². The fourth-order valence-electron chi connectivity index (χ4n) is 4.52. The highest BCUT2D eigenvalue weighted by molar-refractivity contribution is 5.17. The molecule has 2 aliphatic carbocycles. The van der Waals surface area contributed by atoms with Gasteiger partial charge in [-0.25, -0.2) is 0 Å². The first-order valence-corrected chi connectivity index (χ1v) is 10.2. The lowest BCUT2D eigenvalue weighted by Crippen LogP contribution is -2.37. The van der Waals surface area contributed by atoms with Crippen LogP contribution in [0.25, 0.3) is 0 Å². The highest BCUT2D eigenvalue weighted by Crippen LogP contribution is 2.40. The largest absolute Gasteiger partial charge is 0.292 e. The van der Waals surface area contributed by atoms with E-state index in [-0.39, 0.29) is 0 Å². The predicted octanol–water partition coefficient (Wildman–Crippen LogP) is 6.05. The molecule has 2 aromatic carbocycles. The van der Waals surface area contributed by atoms with Gasteiger partial charge < -0.3 is 0 Å². The standard InChI is InChI=1S/C24H31N/c1-3-7-22(8-4-1)18-25(19-23-9-5-2-6-10-23)24-15-13-21(14-16-24)17-20-11-12-20/h1-10,20-21,24H,11-19H2. The van der Waals surface area contributed by atoms with Gasteiger partial charge in [-0.05, 0) is 55.1 Å². The Morgan fingerprint density at radius 2 is 1.04 bits per heavy atom. The molecule has 0 spiro atoms. The van der Waals surface area contributed by atoms with E-state index in [1.165, 1.54) is 56.1 Å². The second kappa shape index (κ2) is 8.19. The summed E-state index contributed by atoms with van der Waals surface area (Å²) in [6.07, 6.45) is 10.2. The van der Waals surface area contributed by atoms with Gasteiger partial charge in [-0.3, -0.25) is 4.90 Å². The molecule has 0 saturated heterocycles. The van der Waals surface area contributed by atoms with Crippen LogP contribution >= 0.6 is 0 Å². The molecule has 4 rings (SSSR count). The number of hydrogen-bond acceptors (Lipinski definition) is 1. The molecule has 0 aliphatic heterocycles. The zero-order valence-electron chi connectivity index (χ0n) is 15.3. The highest BCUT2D eigenvalue weighted by Gasteiger charge is 2.30. The van der Waals surface area contributed by atoms with Crippen molar-refractivity contribution in [1.82, 2.24) is 4.90 Å². The van der Waals surface area contributed by atoms with E-state index in [9.17, 15) is 0 Å². The Morgan fingerprint density at radius 1 is 0.600 bits per heavy atom. The van der Waals surface area contributed by atoms with Gasteiger partial charge in [-0.15, -0.1) is 0 Å². The van der Waals surface area contributed by atoms with Crippen LogP contribution in [0.4, 0.5) is 0 Å². The molecule has 2 fully saturated rings. The molecule has 0 heterocycles. The maximum atomic E-state index is 2.73. The summed E-state index contributed by atoms with van der Waals surface area (Å²) in [6, 6.07) is 22.8. The molecule has 0 radical (unpaired) electrons. The lowest BCUT2D eigenvalue weighted by atomic mass is 9.82. The van der Waals surface area contributed by atoms with Crippen LogP contribution < -0.4 is 0 Å². The van der Waals surface area contributed by atoms with Gasteiger partial charge in [0.05, 0.1) is 0 Å². The Kier molecular flexibility index (Phi) is 5.52. The normalized spacial score (nSPS) is 23.7. The molecule has 2 aliphatic rings.